The van der Waals surface area contributed by atoms with Gasteiger partial charge in [-0.15, -0.1) is 0 Å². The van der Waals surface area contributed by atoms with E-state index in [4.69, 9.17) is 4.98 Å². The van der Waals surface area contributed by atoms with Gasteiger partial charge in [0.2, 0.25) is 5.91 Å². The predicted molar refractivity (Wildman–Crippen MR) is 127 cm³/mol. The molecule has 0 fully saturated rings. The van der Waals surface area contributed by atoms with Crippen molar-refractivity contribution in [3.8, 4) is 11.3 Å². The van der Waals surface area contributed by atoms with Crippen LogP contribution in [0.25, 0.3) is 16.9 Å². The number of aryl methyl sites for hydroxylation is 3. The van der Waals surface area contributed by atoms with E-state index in [1.54, 1.807) is 19.1 Å². The number of nitrogens with one attached hydrogen (secondary N) is 1. The molecule has 2 aromatic heterocycles. The maximum Gasteiger partial charge on any atom is 0.230 e. The molecule has 4 aromatic rings. The Balaban J connectivity index is 1.63. The van der Waals surface area contributed by atoms with Gasteiger partial charge in [0, 0.05) is 17.4 Å². The lowest BCUT2D eigenvalue weighted by Gasteiger charge is -2.09. The van der Waals surface area contributed by atoms with Crippen LogP contribution in [0.4, 0.5) is 10.1 Å². The molecule has 0 saturated heterocycles. The molecule has 1 N–H and O–H groups in total. The van der Waals surface area contributed by atoms with Gasteiger partial charge in [-0.2, -0.15) is 0 Å². The Bertz CT molecular complexity index is 1260. The van der Waals surface area contributed by atoms with Crippen LogP contribution in [0.2, 0.25) is 0 Å². The van der Waals surface area contributed by atoms with Gasteiger partial charge in [0.05, 0.1) is 17.8 Å². The highest BCUT2D eigenvalue weighted by Crippen LogP contribution is 2.27. The molecular weight excluding hydrogens is 401 g/mol. The van der Waals surface area contributed by atoms with E-state index in [0.717, 1.165) is 47.4 Å². The van der Waals surface area contributed by atoms with Gasteiger partial charge in [-0.3, -0.25) is 4.79 Å². The van der Waals surface area contributed by atoms with Crippen LogP contribution in [0.15, 0.2) is 60.8 Å². The number of halogens is 1. The second-order valence-corrected chi connectivity index (χ2v) is 8.33. The van der Waals surface area contributed by atoms with Crippen LogP contribution in [-0.4, -0.2) is 15.3 Å². The monoisotopic (exact) mass is 429 g/mol. The van der Waals surface area contributed by atoms with Crippen LogP contribution < -0.4 is 5.32 Å². The van der Waals surface area contributed by atoms with Gasteiger partial charge >= 0.3 is 0 Å². The minimum atomic E-state index is -0.255. The standard InChI is InChI=1S/C27H28FN3O/c1-4-5-6-20-8-11-22(12-9-20)29-26(32)16-24-27(21-10-13-23(28)19(3)15-21)30-25-14-7-18(2)17-31(24)25/h7-15,17H,4-6,16H2,1-3H3,(H,29,32). The molecule has 0 aliphatic rings. The molecule has 0 aliphatic heterocycles. The lowest BCUT2D eigenvalue weighted by atomic mass is 10.1. The number of hydrogen-bond acceptors (Lipinski definition) is 2. The van der Waals surface area contributed by atoms with Crippen molar-refractivity contribution in [1.82, 2.24) is 9.38 Å². The van der Waals surface area contributed by atoms with Crippen molar-refractivity contribution >= 4 is 17.2 Å². The molecule has 0 saturated carbocycles. The van der Waals surface area contributed by atoms with Crippen molar-refractivity contribution in [2.45, 2.75) is 46.5 Å². The third-order valence-corrected chi connectivity index (χ3v) is 5.68. The Morgan fingerprint density at radius 1 is 1.06 bits per heavy atom. The van der Waals surface area contributed by atoms with Crippen molar-refractivity contribution in [3.05, 3.63) is 89.0 Å². The van der Waals surface area contributed by atoms with Gasteiger partial charge in [0.1, 0.15) is 11.5 Å². The number of imidazole rings is 1. The number of amides is 1. The topological polar surface area (TPSA) is 46.4 Å². The van der Waals surface area contributed by atoms with Gasteiger partial charge in [-0.1, -0.05) is 31.5 Å². The molecule has 0 aliphatic carbocycles. The summed E-state index contributed by atoms with van der Waals surface area (Å²) in [7, 11) is 0. The highest BCUT2D eigenvalue weighted by atomic mass is 19.1. The van der Waals surface area contributed by atoms with E-state index < -0.39 is 0 Å². The number of aromatic nitrogens is 2. The van der Waals surface area contributed by atoms with Crippen molar-refractivity contribution < 1.29 is 9.18 Å². The van der Waals surface area contributed by atoms with Crippen LogP contribution in [0.3, 0.4) is 0 Å². The van der Waals surface area contributed by atoms with E-state index in [1.807, 2.05) is 41.8 Å². The minimum absolute atomic E-state index is 0.116. The van der Waals surface area contributed by atoms with Crippen molar-refractivity contribution in [2.75, 3.05) is 5.32 Å². The van der Waals surface area contributed by atoms with Crippen molar-refractivity contribution in [3.63, 3.8) is 0 Å². The van der Waals surface area contributed by atoms with Gasteiger partial charge in [0.15, 0.2) is 0 Å². The smallest absolute Gasteiger partial charge is 0.230 e. The summed E-state index contributed by atoms with van der Waals surface area (Å²) < 4.78 is 15.8. The largest absolute Gasteiger partial charge is 0.326 e. The number of hydrogen-bond donors (Lipinski definition) is 1. The SMILES string of the molecule is CCCCc1ccc(NC(=O)Cc2c(-c3ccc(F)c(C)c3)nc3ccc(C)cn23)cc1. The molecule has 2 heterocycles. The molecule has 0 bridgehead atoms. The fourth-order valence-corrected chi connectivity index (χ4v) is 3.88. The van der Waals surface area contributed by atoms with Crippen LogP contribution in [-0.2, 0) is 17.6 Å². The van der Waals surface area contributed by atoms with E-state index in [2.05, 4.69) is 24.4 Å². The predicted octanol–water partition coefficient (Wildman–Crippen LogP) is 6.28. The molecule has 164 valence electrons. The molecule has 32 heavy (non-hydrogen) atoms. The summed E-state index contributed by atoms with van der Waals surface area (Å²) in [6.07, 6.45) is 5.51. The fourth-order valence-electron chi connectivity index (χ4n) is 3.88. The zero-order chi connectivity index (χ0) is 22.7. The molecule has 0 radical (unpaired) electrons. The second kappa shape index (κ2) is 9.35. The number of anilines is 1. The molecule has 0 atom stereocenters. The van der Waals surface area contributed by atoms with E-state index in [-0.39, 0.29) is 18.1 Å². The number of unbranched alkanes of at least 4 members (excludes halogenated alkanes) is 1. The average Bonchev–Trinajstić information content (AvgIpc) is 3.12. The Labute approximate surface area is 188 Å². The average molecular weight is 430 g/mol. The third-order valence-electron chi connectivity index (χ3n) is 5.68. The Kier molecular flexibility index (Phi) is 6.35. The van der Waals surface area contributed by atoms with E-state index in [9.17, 15) is 9.18 Å². The first-order valence-electron chi connectivity index (χ1n) is 11.1. The molecule has 4 rings (SSSR count). The van der Waals surface area contributed by atoms with Crippen molar-refractivity contribution in [1.29, 1.82) is 0 Å². The van der Waals surface area contributed by atoms with Gasteiger partial charge < -0.3 is 9.72 Å². The maximum absolute atomic E-state index is 13.8. The van der Waals surface area contributed by atoms with Crippen molar-refractivity contribution in [2.24, 2.45) is 0 Å². The molecule has 0 spiro atoms. The van der Waals surface area contributed by atoms with Gasteiger partial charge in [-0.05, 0) is 79.8 Å². The number of carbonyl (C=O) groups excluding carboxylic acids is 1. The van der Waals surface area contributed by atoms with Crippen LogP contribution >= 0.6 is 0 Å². The number of rotatable bonds is 7. The molecular formula is C27H28FN3O. The van der Waals surface area contributed by atoms with Gasteiger partial charge in [-0.25, -0.2) is 9.37 Å². The molecule has 0 unspecified atom stereocenters. The number of fused-ring (bicyclic) bond motifs is 1. The van der Waals surface area contributed by atoms with Gasteiger partial charge in [0.25, 0.3) is 0 Å². The Hall–Kier alpha value is -3.47. The third kappa shape index (κ3) is 4.72. The summed E-state index contributed by atoms with van der Waals surface area (Å²) in [6, 6.07) is 16.9. The lowest BCUT2D eigenvalue weighted by Crippen LogP contribution is -2.16. The number of benzene rings is 2. The Morgan fingerprint density at radius 2 is 1.84 bits per heavy atom. The molecule has 5 heteroatoms. The normalized spacial score (nSPS) is 11.1. The summed E-state index contributed by atoms with van der Waals surface area (Å²) in [4.78, 5) is 17.7. The van der Waals surface area contributed by atoms with Crippen LogP contribution in [0.5, 0.6) is 0 Å². The maximum atomic E-state index is 13.8. The Morgan fingerprint density at radius 3 is 2.56 bits per heavy atom. The first kappa shape index (κ1) is 21.8. The fraction of sp³-hybridized carbons (Fsp3) is 0.259. The zero-order valence-corrected chi connectivity index (χ0v) is 18.8. The molecule has 4 nitrogen and oxygen atoms in total. The second-order valence-electron chi connectivity index (χ2n) is 8.33. The lowest BCUT2D eigenvalue weighted by molar-refractivity contribution is -0.115. The first-order chi connectivity index (χ1) is 15.4. The summed E-state index contributed by atoms with van der Waals surface area (Å²) in [5.41, 5.74) is 6.71. The van der Waals surface area contributed by atoms with E-state index >= 15 is 0 Å². The van der Waals surface area contributed by atoms with Crippen LogP contribution in [0.1, 0.15) is 42.1 Å². The summed E-state index contributed by atoms with van der Waals surface area (Å²) in [6.45, 7) is 5.91. The molecule has 1 amide bonds. The van der Waals surface area contributed by atoms with Crippen LogP contribution in [0, 0.1) is 19.7 Å². The summed E-state index contributed by atoms with van der Waals surface area (Å²) >= 11 is 0. The van der Waals surface area contributed by atoms with E-state index in [0.29, 0.717) is 11.3 Å². The number of pyridine rings is 1. The highest BCUT2D eigenvalue weighted by Gasteiger charge is 2.18. The minimum Gasteiger partial charge on any atom is -0.326 e. The summed E-state index contributed by atoms with van der Waals surface area (Å²) in [5, 5.41) is 3.00. The van der Waals surface area contributed by atoms with E-state index in [1.165, 1.54) is 11.6 Å². The first-order valence-corrected chi connectivity index (χ1v) is 11.1. The summed E-state index contributed by atoms with van der Waals surface area (Å²) in [5.74, 6) is -0.371. The molecule has 2 aromatic carbocycles. The number of nitrogens with zero attached hydrogens (tertiary/aromatic N) is 2. The zero-order valence-electron chi connectivity index (χ0n) is 18.8. The quantitative estimate of drug-likeness (QED) is 0.376. The highest BCUT2D eigenvalue weighted by molar-refractivity contribution is 5.93. The number of carbonyl (C=O) groups is 1.